The first-order valence-electron chi connectivity index (χ1n) is 5.71. The Balaban J connectivity index is 2.15. The molecule has 1 aliphatic rings. The van der Waals surface area contributed by atoms with E-state index in [4.69, 9.17) is 22.1 Å². The molecule has 3 N–H and O–H groups in total. The van der Waals surface area contributed by atoms with E-state index in [1.165, 1.54) is 12.1 Å². The summed E-state index contributed by atoms with van der Waals surface area (Å²) in [4.78, 5) is 13.8. The maximum Gasteiger partial charge on any atom is 0.257 e. The highest BCUT2D eigenvalue weighted by molar-refractivity contribution is 6.30. The summed E-state index contributed by atoms with van der Waals surface area (Å²) in [7, 11) is 0. The third-order valence-corrected chi connectivity index (χ3v) is 3.11. The van der Waals surface area contributed by atoms with Crippen LogP contribution in [-0.2, 0) is 4.74 Å². The monoisotopic (exact) mass is 270 g/mol. The zero-order valence-corrected chi connectivity index (χ0v) is 10.6. The lowest BCUT2D eigenvalue weighted by atomic mass is 10.1. The predicted octanol–water partition coefficient (Wildman–Crippen LogP) is 0.845. The summed E-state index contributed by atoms with van der Waals surface area (Å²) in [6.07, 6.45) is -0.142. The van der Waals surface area contributed by atoms with E-state index >= 15 is 0 Å². The fourth-order valence-corrected chi connectivity index (χ4v) is 2.07. The van der Waals surface area contributed by atoms with E-state index < -0.39 is 0 Å². The molecule has 0 bridgehead atoms. The van der Waals surface area contributed by atoms with Gasteiger partial charge in [-0.05, 0) is 18.2 Å². The molecule has 1 aliphatic heterocycles. The lowest BCUT2D eigenvalue weighted by molar-refractivity contribution is -0.0168. The van der Waals surface area contributed by atoms with Gasteiger partial charge in [0.15, 0.2) is 0 Å². The van der Waals surface area contributed by atoms with Crippen molar-refractivity contribution in [3.05, 3.63) is 28.8 Å². The molecule has 2 rings (SSSR count). The molecule has 0 aliphatic carbocycles. The normalized spacial score (nSPS) is 19.9. The molecule has 0 aromatic heterocycles. The molecule has 6 heteroatoms. The number of rotatable bonds is 2. The number of carbonyl (C=O) groups is 1. The molecule has 0 saturated carbocycles. The highest BCUT2D eigenvalue weighted by Gasteiger charge is 2.25. The van der Waals surface area contributed by atoms with Gasteiger partial charge in [0.2, 0.25) is 0 Å². The van der Waals surface area contributed by atoms with E-state index in [1.54, 1.807) is 11.0 Å². The van der Waals surface area contributed by atoms with Gasteiger partial charge in [-0.3, -0.25) is 4.79 Å². The quantitative estimate of drug-likeness (QED) is 0.835. The molecular weight excluding hydrogens is 256 g/mol. The predicted molar refractivity (Wildman–Crippen MR) is 67.8 cm³/mol. The van der Waals surface area contributed by atoms with Gasteiger partial charge < -0.3 is 20.5 Å². The third kappa shape index (κ3) is 2.75. The SMILES string of the molecule is NCC1CN(C(=O)c2ccc(Cl)cc2O)CCO1. The number of carbonyl (C=O) groups excluding carboxylic acids is 1. The molecule has 1 saturated heterocycles. The zero-order valence-electron chi connectivity index (χ0n) is 9.80. The lowest BCUT2D eigenvalue weighted by Gasteiger charge is -2.32. The molecule has 5 nitrogen and oxygen atoms in total. The minimum atomic E-state index is -0.231. The minimum Gasteiger partial charge on any atom is -0.507 e. The number of nitrogens with two attached hydrogens (primary N) is 1. The van der Waals surface area contributed by atoms with Gasteiger partial charge >= 0.3 is 0 Å². The second-order valence-corrected chi connectivity index (χ2v) is 4.58. The van der Waals surface area contributed by atoms with Crippen LogP contribution in [0.3, 0.4) is 0 Å². The van der Waals surface area contributed by atoms with Crippen LogP contribution in [0, 0.1) is 0 Å². The number of morpholine rings is 1. The van der Waals surface area contributed by atoms with Crippen LogP contribution < -0.4 is 5.73 Å². The molecule has 18 heavy (non-hydrogen) atoms. The van der Waals surface area contributed by atoms with Crippen LogP contribution in [-0.4, -0.2) is 48.3 Å². The van der Waals surface area contributed by atoms with Crippen molar-refractivity contribution < 1.29 is 14.6 Å². The second kappa shape index (κ2) is 5.56. The molecule has 98 valence electrons. The van der Waals surface area contributed by atoms with E-state index in [0.29, 0.717) is 31.3 Å². The number of ether oxygens (including phenoxy) is 1. The lowest BCUT2D eigenvalue weighted by Crippen LogP contribution is -2.48. The summed E-state index contributed by atoms with van der Waals surface area (Å²) >= 11 is 5.73. The van der Waals surface area contributed by atoms with Crippen LogP contribution >= 0.6 is 11.6 Å². The summed E-state index contributed by atoms with van der Waals surface area (Å²) in [5, 5.41) is 10.1. The van der Waals surface area contributed by atoms with E-state index in [9.17, 15) is 9.90 Å². The van der Waals surface area contributed by atoms with Gasteiger partial charge in [-0.2, -0.15) is 0 Å². The Labute approximate surface area is 110 Å². The van der Waals surface area contributed by atoms with Gasteiger partial charge in [0.05, 0.1) is 18.3 Å². The number of hydrogen-bond acceptors (Lipinski definition) is 4. The molecule has 1 unspecified atom stereocenters. The molecular formula is C12H15ClN2O3. The molecule has 1 atom stereocenters. The van der Waals surface area contributed by atoms with E-state index in [0.717, 1.165) is 0 Å². The van der Waals surface area contributed by atoms with Crippen LogP contribution in [0.1, 0.15) is 10.4 Å². The Morgan fingerprint density at radius 2 is 2.39 bits per heavy atom. The van der Waals surface area contributed by atoms with Gasteiger partial charge in [0.1, 0.15) is 5.75 Å². The first-order chi connectivity index (χ1) is 8.61. The van der Waals surface area contributed by atoms with Gasteiger partial charge in [-0.25, -0.2) is 0 Å². The van der Waals surface area contributed by atoms with Gasteiger partial charge in [-0.15, -0.1) is 0 Å². The largest absolute Gasteiger partial charge is 0.507 e. The fourth-order valence-electron chi connectivity index (χ4n) is 1.90. The molecule has 1 amide bonds. The molecule has 1 aromatic carbocycles. The van der Waals surface area contributed by atoms with Gasteiger partial charge in [0, 0.05) is 24.7 Å². The number of phenolic OH excluding ortho intramolecular Hbond substituents is 1. The standard InChI is InChI=1S/C12H15ClN2O3/c13-8-1-2-10(11(16)5-8)12(17)15-3-4-18-9(6-14)7-15/h1-2,5,9,16H,3-4,6-7,14H2. The Morgan fingerprint density at radius 3 is 3.06 bits per heavy atom. The highest BCUT2D eigenvalue weighted by Crippen LogP contribution is 2.23. The smallest absolute Gasteiger partial charge is 0.257 e. The molecule has 0 spiro atoms. The molecule has 0 radical (unpaired) electrons. The van der Waals surface area contributed by atoms with Crippen molar-refractivity contribution in [3.8, 4) is 5.75 Å². The maximum absolute atomic E-state index is 12.2. The minimum absolute atomic E-state index is 0.108. The number of hydrogen-bond donors (Lipinski definition) is 2. The summed E-state index contributed by atoms with van der Waals surface area (Å²) in [5.41, 5.74) is 5.77. The van der Waals surface area contributed by atoms with E-state index in [2.05, 4.69) is 0 Å². The van der Waals surface area contributed by atoms with Crippen LogP contribution in [0.15, 0.2) is 18.2 Å². The van der Waals surface area contributed by atoms with Crippen molar-refractivity contribution in [2.24, 2.45) is 5.73 Å². The Bertz CT molecular complexity index is 453. The third-order valence-electron chi connectivity index (χ3n) is 2.88. The molecule has 1 aromatic rings. The number of phenols is 1. The fraction of sp³-hybridized carbons (Fsp3) is 0.417. The van der Waals surface area contributed by atoms with Crippen LogP contribution in [0.2, 0.25) is 5.02 Å². The van der Waals surface area contributed by atoms with E-state index in [1.807, 2.05) is 0 Å². The summed E-state index contributed by atoms with van der Waals surface area (Å²) in [6.45, 7) is 1.77. The first-order valence-corrected chi connectivity index (χ1v) is 6.09. The molecule has 1 fully saturated rings. The van der Waals surface area contributed by atoms with Crippen molar-refractivity contribution >= 4 is 17.5 Å². The topological polar surface area (TPSA) is 75.8 Å². The number of amides is 1. The van der Waals surface area contributed by atoms with Crippen LogP contribution in [0.4, 0.5) is 0 Å². The summed E-state index contributed by atoms with van der Waals surface area (Å²) < 4.78 is 5.39. The number of benzene rings is 1. The summed E-state index contributed by atoms with van der Waals surface area (Å²) in [5.74, 6) is -0.339. The number of nitrogens with zero attached hydrogens (tertiary/aromatic N) is 1. The summed E-state index contributed by atoms with van der Waals surface area (Å²) in [6, 6.07) is 4.46. The van der Waals surface area contributed by atoms with Crippen molar-refractivity contribution in [2.75, 3.05) is 26.2 Å². The Morgan fingerprint density at radius 1 is 1.61 bits per heavy atom. The van der Waals surface area contributed by atoms with Crippen molar-refractivity contribution in [2.45, 2.75) is 6.10 Å². The van der Waals surface area contributed by atoms with Crippen LogP contribution in [0.5, 0.6) is 5.75 Å². The van der Waals surface area contributed by atoms with Crippen molar-refractivity contribution in [3.63, 3.8) is 0 Å². The van der Waals surface area contributed by atoms with Gasteiger partial charge in [-0.1, -0.05) is 11.6 Å². The Kier molecular flexibility index (Phi) is 4.06. The number of halogens is 1. The van der Waals surface area contributed by atoms with Gasteiger partial charge in [0.25, 0.3) is 5.91 Å². The Hall–Kier alpha value is -1.30. The second-order valence-electron chi connectivity index (χ2n) is 4.14. The van der Waals surface area contributed by atoms with E-state index in [-0.39, 0.29) is 23.3 Å². The first kappa shape index (κ1) is 13.1. The van der Waals surface area contributed by atoms with Crippen molar-refractivity contribution in [1.29, 1.82) is 0 Å². The average Bonchev–Trinajstić information content (AvgIpc) is 2.38. The average molecular weight is 271 g/mol. The zero-order chi connectivity index (χ0) is 13.1. The number of aromatic hydroxyl groups is 1. The highest BCUT2D eigenvalue weighted by atomic mass is 35.5. The van der Waals surface area contributed by atoms with Crippen molar-refractivity contribution in [1.82, 2.24) is 4.90 Å². The maximum atomic E-state index is 12.2. The van der Waals surface area contributed by atoms with Crippen LogP contribution in [0.25, 0.3) is 0 Å². The molecule has 1 heterocycles.